The van der Waals surface area contributed by atoms with Crippen LogP contribution in [0.5, 0.6) is 5.75 Å². The zero-order valence-electron chi connectivity index (χ0n) is 7.47. The molecule has 0 saturated heterocycles. The maximum Gasteiger partial charge on any atom is 0.416 e. The molecule has 0 spiro atoms. The Bertz CT molecular complexity index is 353. The largest absolute Gasteiger partial charge is 0.508 e. The van der Waals surface area contributed by atoms with Gasteiger partial charge in [0.2, 0.25) is 0 Å². The van der Waals surface area contributed by atoms with Crippen LogP contribution in [0.15, 0.2) is 24.3 Å². The highest BCUT2D eigenvalue weighted by atomic mass is 19.4. The third kappa shape index (κ3) is 2.52. The lowest BCUT2D eigenvalue weighted by Gasteiger charge is -2.07. The molecule has 4 heteroatoms. The molecule has 0 unspecified atom stereocenters. The molecular formula is C10H9F3O. The van der Waals surface area contributed by atoms with Crippen molar-refractivity contribution >= 4 is 6.08 Å². The van der Waals surface area contributed by atoms with Gasteiger partial charge in [0.05, 0.1) is 5.56 Å². The molecule has 0 bridgehead atoms. The van der Waals surface area contributed by atoms with Gasteiger partial charge in [0.1, 0.15) is 5.75 Å². The first-order valence-corrected chi connectivity index (χ1v) is 3.97. The topological polar surface area (TPSA) is 20.2 Å². The minimum atomic E-state index is -4.42. The first-order chi connectivity index (χ1) is 6.43. The molecule has 0 saturated carbocycles. The summed E-state index contributed by atoms with van der Waals surface area (Å²) in [6.07, 6.45) is -1.32. The molecule has 0 aliphatic carbocycles. The van der Waals surface area contributed by atoms with Crippen LogP contribution in [0, 0.1) is 0 Å². The number of hydrogen-bond acceptors (Lipinski definition) is 1. The SMILES string of the molecule is C/C=C/c1cc(O)cc(C(F)(F)F)c1. The molecule has 0 radical (unpaired) electrons. The summed E-state index contributed by atoms with van der Waals surface area (Å²) < 4.78 is 36.8. The van der Waals surface area contributed by atoms with E-state index in [4.69, 9.17) is 5.11 Å². The number of alkyl halides is 3. The lowest BCUT2D eigenvalue weighted by Crippen LogP contribution is -2.04. The number of allylic oxidation sites excluding steroid dienone is 1. The predicted octanol–water partition coefficient (Wildman–Crippen LogP) is 3.44. The molecule has 0 heterocycles. The molecule has 1 aromatic carbocycles. The van der Waals surface area contributed by atoms with Gasteiger partial charge in [-0.05, 0) is 30.7 Å². The van der Waals surface area contributed by atoms with Crippen molar-refractivity contribution < 1.29 is 18.3 Å². The van der Waals surface area contributed by atoms with E-state index in [1.807, 2.05) is 0 Å². The van der Waals surface area contributed by atoms with Gasteiger partial charge in [0.15, 0.2) is 0 Å². The Labute approximate surface area is 79.5 Å². The minimum absolute atomic E-state index is 0.333. The highest BCUT2D eigenvalue weighted by molar-refractivity contribution is 5.53. The van der Waals surface area contributed by atoms with Crippen LogP contribution in [0.25, 0.3) is 6.08 Å². The highest BCUT2D eigenvalue weighted by Crippen LogP contribution is 2.32. The highest BCUT2D eigenvalue weighted by Gasteiger charge is 2.30. The Kier molecular flexibility index (Phi) is 2.84. The van der Waals surface area contributed by atoms with E-state index in [1.165, 1.54) is 12.1 Å². The van der Waals surface area contributed by atoms with Gasteiger partial charge < -0.3 is 5.11 Å². The first kappa shape index (κ1) is 10.6. The molecule has 0 aliphatic heterocycles. The Morgan fingerprint density at radius 3 is 2.36 bits per heavy atom. The predicted molar refractivity (Wildman–Crippen MR) is 47.8 cm³/mol. The van der Waals surface area contributed by atoms with Crippen LogP contribution in [0.4, 0.5) is 13.2 Å². The van der Waals surface area contributed by atoms with Crippen molar-refractivity contribution in [1.82, 2.24) is 0 Å². The van der Waals surface area contributed by atoms with Crippen molar-refractivity contribution in [2.75, 3.05) is 0 Å². The molecule has 1 N–H and O–H groups in total. The lowest BCUT2D eigenvalue weighted by atomic mass is 10.1. The van der Waals surface area contributed by atoms with E-state index < -0.39 is 11.7 Å². The van der Waals surface area contributed by atoms with Crippen molar-refractivity contribution in [2.24, 2.45) is 0 Å². The van der Waals surface area contributed by atoms with E-state index in [2.05, 4.69) is 0 Å². The van der Waals surface area contributed by atoms with Gasteiger partial charge >= 0.3 is 6.18 Å². The fourth-order valence-electron chi connectivity index (χ4n) is 1.09. The molecule has 76 valence electrons. The molecule has 0 aliphatic rings. The summed E-state index contributed by atoms with van der Waals surface area (Å²) in [5.74, 6) is -0.382. The number of benzene rings is 1. The summed E-state index contributed by atoms with van der Waals surface area (Å²) in [6, 6.07) is 2.96. The fourth-order valence-corrected chi connectivity index (χ4v) is 1.09. The van der Waals surface area contributed by atoms with E-state index in [9.17, 15) is 13.2 Å². The number of halogens is 3. The van der Waals surface area contributed by atoms with E-state index in [-0.39, 0.29) is 5.75 Å². The Balaban J connectivity index is 3.20. The quantitative estimate of drug-likeness (QED) is 0.739. The number of phenolic OH excluding ortho intramolecular Hbond substituents is 1. The smallest absolute Gasteiger partial charge is 0.416 e. The van der Waals surface area contributed by atoms with Crippen molar-refractivity contribution in [3.63, 3.8) is 0 Å². The van der Waals surface area contributed by atoms with Gasteiger partial charge in [-0.15, -0.1) is 0 Å². The summed E-state index contributed by atoms with van der Waals surface area (Å²) in [4.78, 5) is 0. The van der Waals surface area contributed by atoms with Gasteiger partial charge in [-0.3, -0.25) is 0 Å². The van der Waals surface area contributed by atoms with Crippen LogP contribution in [0.1, 0.15) is 18.1 Å². The van der Waals surface area contributed by atoms with E-state index in [0.717, 1.165) is 6.07 Å². The molecule has 0 amide bonds. The zero-order chi connectivity index (χ0) is 10.8. The number of phenols is 1. The third-order valence-electron chi connectivity index (χ3n) is 1.63. The molecule has 0 fully saturated rings. The van der Waals surface area contributed by atoms with Crippen LogP contribution in [-0.2, 0) is 6.18 Å². The molecule has 1 aromatic rings. The standard InChI is InChI=1S/C10H9F3O/c1-2-3-7-4-8(10(11,12)13)6-9(14)5-7/h2-6,14H,1H3/b3-2+. The summed E-state index contributed by atoms with van der Waals surface area (Å²) in [6.45, 7) is 1.69. The maximum atomic E-state index is 12.3. The first-order valence-electron chi connectivity index (χ1n) is 3.97. The number of aromatic hydroxyl groups is 1. The van der Waals surface area contributed by atoms with Crippen LogP contribution >= 0.6 is 0 Å². The molecule has 1 nitrogen and oxygen atoms in total. The van der Waals surface area contributed by atoms with Crippen LogP contribution < -0.4 is 0 Å². The summed E-state index contributed by atoms with van der Waals surface area (Å²) in [5.41, 5.74) is -0.509. The van der Waals surface area contributed by atoms with E-state index in [0.29, 0.717) is 11.6 Å². The summed E-state index contributed by atoms with van der Waals surface area (Å²) >= 11 is 0. The number of rotatable bonds is 1. The maximum absolute atomic E-state index is 12.3. The molecule has 0 atom stereocenters. The van der Waals surface area contributed by atoms with Crippen molar-refractivity contribution in [3.05, 3.63) is 35.4 Å². The molecule has 0 aromatic heterocycles. The van der Waals surface area contributed by atoms with Gasteiger partial charge in [-0.25, -0.2) is 0 Å². The average Bonchev–Trinajstić information content (AvgIpc) is 2.02. The second-order valence-electron chi connectivity index (χ2n) is 2.81. The van der Waals surface area contributed by atoms with E-state index in [1.54, 1.807) is 13.0 Å². The third-order valence-corrected chi connectivity index (χ3v) is 1.63. The molecule has 1 rings (SSSR count). The number of hydrogen-bond donors (Lipinski definition) is 1. The van der Waals surface area contributed by atoms with Gasteiger partial charge in [-0.2, -0.15) is 13.2 Å². The minimum Gasteiger partial charge on any atom is -0.508 e. The van der Waals surface area contributed by atoms with Gasteiger partial charge in [0, 0.05) is 0 Å². The van der Waals surface area contributed by atoms with Crippen molar-refractivity contribution in [2.45, 2.75) is 13.1 Å². The Hall–Kier alpha value is -1.45. The zero-order valence-corrected chi connectivity index (χ0v) is 7.47. The second-order valence-corrected chi connectivity index (χ2v) is 2.81. The van der Waals surface area contributed by atoms with Crippen LogP contribution in [0.2, 0.25) is 0 Å². The van der Waals surface area contributed by atoms with Crippen LogP contribution in [0.3, 0.4) is 0 Å². The molecule has 14 heavy (non-hydrogen) atoms. The lowest BCUT2D eigenvalue weighted by molar-refractivity contribution is -0.137. The van der Waals surface area contributed by atoms with Gasteiger partial charge in [-0.1, -0.05) is 12.2 Å². The fraction of sp³-hybridized carbons (Fsp3) is 0.200. The van der Waals surface area contributed by atoms with Crippen LogP contribution in [-0.4, -0.2) is 5.11 Å². The summed E-state index contributed by atoms with van der Waals surface area (Å²) in [7, 11) is 0. The normalized spacial score (nSPS) is 12.3. The monoisotopic (exact) mass is 202 g/mol. The van der Waals surface area contributed by atoms with Crippen molar-refractivity contribution in [1.29, 1.82) is 0 Å². The summed E-state index contributed by atoms with van der Waals surface area (Å²) in [5, 5.41) is 9.05. The second kappa shape index (κ2) is 3.74. The Morgan fingerprint density at radius 1 is 1.21 bits per heavy atom. The van der Waals surface area contributed by atoms with Crippen molar-refractivity contribution in [3.8, 4) is 5.75 Å². The van der Waals surface area contributed by atoms with Gasteiger partial charge in [0.25, 0.3) is 0 Å². The molecular weight excluding hydrogens is 193 g/mol. The average molecular weight is 202 g/mol. The Morgan fingerprint density at radius 2 is 1.86 bits per heavy atom. The van der Waals surface area contributed by atoms with E-state index >= 15 is 0 Å².